The largest absolute Gasteiger partial charge is 0.497 e. The fourth-order valence-corrected chi connectivity index (χ4v) is 5.07. The zero-order valence-electron chi connectivity index (χ0n) is 20.4. The second-order valence-corrected chi connectivity index (χ2v) is 9.47. The number of likely N-dealkylation sites (tertiary alicyclic amines) is 1. The summed E-state index contributed by atoms with van der Waals surface area (Å²) in [6.45, 7) is 1.19. The van der Waals surface area contributed by atoms with Gasteiger partial charge in [0.1, 0.15) is 12.4 Å². The van der Waals surface area contributed by atoms with Crippen molar-refractivity contribution in [2.45, 2.75) is 25.0 Å². The molecule has 36 heavy (non-hydrogen) atoms. The van der Waals surface area contributed by atoms with Crippen molar-refractivity contribution in [2.24, 2.45) is 5.92 Å². The number of ether oxygens (including phenoxy) is 2. The molecule has 6 nitrogen and oxygen atoms in total. The molecule has 184 valence electrons. The topological polar surface area (TPSA) is 67.9 Å². The lowest BCUT2D eigenvalue weighted by molar-refractivity contribution is 0.0778. The monoisotopic (exact) mass is 482 g/mol. The Balaban J connectivity index is 1.16. The summed E-state index contributed by atoms with van der Waals surface area (Å²) in [5.74, 6) is 0.787. The molecule has 1 aliphatic carbocycles. The van der Waals surface area contributed by atoms with Crippen LogP contribution in [-0.4, -0.2) is 42.6 Å². The molecule has 2 aliphatic rings. The Morgan fingerprint density at radius 2 is 1.64 bits per heavy atom. The van der Waals surface area contributed by atoms with Crippen LogP contribution in [-0.2, 0) is 17.8 Å². The van der Waals surface area contributed by atoms with Gasteiger partial charge < -0.3 is 19.7 Å². The van der Waals surface area contributed by atoms with Crippen LogP contribution in [0.3, 0.4) is 0 Å². The first-order valence-corrected chi connectivity index (χ1v) is 12.2. The van der Waals surface area contributed by atoms with Crippen LogP contribution in [0.1, 0.15) is 33.5 Å². The first-order chi connectivity index (χ1) is 17.5. The van der Waals surface area contributed by atoms with Crippen LogP contribution >= 0.6 is 0 Å². The van der Waals surface area contributed by atoms with E-state index in [1.807, 2.05) is 41.3 Å². The van der Waals surface area contributed by atoms with Gasteiger partial charge in [0.15, 0.2) is 0 Å². The molecule has 6 heteroatoms. The Kier molecular flexibility index (Phi) is 6.76. The number of methoxy groups -OCH3 is 1. The maximum Gasteiger partial charge on any atom is 0.408 e. The Labute approximate surface area is 211 Å². The van der Waals surface area contributed by atoms with Crippen LogP contribution in [0.25, 0.3) is 0 Å². The molecular weight excluding hydrogens is 452 g/mol. The van der Waals surface area contributed by atoms with E-state index in [1.54, 1.807) is 31.4 Å². The molecule has 3 aromatic rings. The fourth-order valence-electron chi connectivity index (χ4n) is 5.07. The third-order valence-electron chi connectivity index (χ3n) is 7.06. The fraction of sp³-hybridized carbons (Fsp3) is 0.267. The van der Waals surface area contributed by atoms with Crippen molar-refractivity contribution >= 4 is 12.0 Å². The Morgan fingerprint density at radius 3 is 2.36 bits per heavy atom. The third-order valence-corrected chi connectivity index (χ3v) is 7.06. The maximum atomic E-state index is 13.1. The van der Waals surface area contributed by atoms with E-state index in [9.17, 15) is 9.59 Å². The van der Waals surface area contributed by atoms with E-state index in [-0.39, 0.29) is 18.4 Å². The van der Waals surface area contributed by atoms with Gasteiger partial charge in [0.05, 0.1) is 12.6 Å². The number of amides is 2. The van der Waals surface area contributed by atoms with Gasteiger partial charge in [0, 0.05) is 24.6 Å². The van der Waals surface area contributed by atoms with Crippen molar-refractivity contribution < 1.29 is 19.1 Å². The van der Waals surface area contributed by atoms with E-state index in [4.69, 9.17) is 9.47 Å². The Bertz CT molecular complexity index is 1240. The molecule has 0 radical (unpaired) electrons. The average Bonchev–Trinajstić information content (AvgIpc) is 3.45. The quantitative estimate of drug-likeness (QED) is 0.482. The molecule has 0 aromatic heterocycles. The molecule has 0 unspecified atom stereocenters. The summed E-state index contributed by atoms with van der Waals surface area (Å²) in [6.07, 6.45) is 5.29. The molecule has 2 atom stereocenters. The van der Waals surface area contributed by atoms with Crippen LogP contribution < -0.4 is 10.1 Å². The second-order valence-electron chi connectivity index (χ2n) is 9.47. The van der Waals surface area contributed by atoms with Crippen LogP contribution in [0.5, 0.6) is 5.75 Å². The standard InChI is InChI=1S/C30H30N2O4/c1-35-27-15-13-25(14-16-27)28(33)32-19-26-8-5-17-30(26,21-32)31-29(34)36-20-24-11-9-23(10-12-24)18-22-6-3-2-4-7-22/h2-7,9-17,26H,8,18-21H2,1H3,(H,31,34)/t26-,30-/m0/s1. The number of benzene rings is 3. The molecule has 1 aliphatic heterocycles. The second kappa shape index (κ2) is 10.3. The lowest BCUT2D eigenvalue weighted by Crippen LogP contribution is -2.51. The van der Waals surface area contributed by atoms with E-state index < -0.39 is 11.6 Å². The zero-order valence-corrected chi connectivity index (χ0v) is 20.4. The van der Waals surface area contributed by atoms with E-state index in [2.05, 4.69) is 35.7 Å². The molecule has 0 saturated carbocycles. The van der Waals surface area contributed by atoms with Gasteiger partial charge in [-0.1, -0.05) is 66.7 Å². The molecule has 1 saturated heterocycles. The summed E-state index contributed by atoms with van der Waals surface area (Å²) in [5.41, 5.74) is 3.41. The minimum absolute atomic E-state index is 0.0504. The van der Waals surface area contributed by atoms with Crippen LogP contribution in [0.2, 0.25) is 0 Å². The number of nitrogens with zero attached hydrogens (tertiary/aromatic N) is 1. The van der Waals surface area contributed by atoms with Crippen molar-refractivity contribution in [3.05, 3.63) is 113 Å². The highest BCUT2D eigenvalue weighted by atomic mass is 16.5. The molecule has 3 aromatic carbocycles. The van der Waals surface area contributed by atoms with Crippen LogP contribution in [0, 0.1) is 5.92 Å². The Morgan fingerprint density at radius 1 is 0.944 bits per heavy atom. The summed E-state index contributed by atoms with van der Waals surface area (Å²) in [7, 11) is 1.60. The number of fused-ring (bicyclic) bond motifs is 1. The normalized spacial score (nSPS) is 20.1. The molecule has 1 fully saturated rings. The number of hydrogen-bond acceptors (Lipinski definition) is 4. The first-order valence-electron chi connectivity index (χ1n) is 12.2. The molecule has 1 N–H and O–H groups in total. The van der Waals surface area contributed by atoms with E-state index >= 15 is 0 Å². The highest BCUT2D eigenvalue weighted by Crippen LogP contribution is 2.37. The lowest BCUT2D eigenvalue weighted by atomic mass is 9.91. The lowest BCUT2D eigenvalue weighted by Gasteiger charge is -2.28. The van der Waals surface area contributed by atoms with Gasteiger partial charge in [-0.3, -0.25) is 4.79 Å². The predicted octanol–water partition coefficient (Wildman–Crippen LogP) is 4.98. The van der Waals surface area contributed by atoms with Gasteiger partial charge in [-0.2, -0.15) is 0 Å². The third kappa shape index (κ3) is 5.13. The number of allylic oxidation sites excluding steroid dienone is 1. The van der Waals surface area contributed by atoms with Crippen molar-refractivity contribution in [1.29, 1.82) is 0 Å². The summed E-state index contributed by atoms with van der Waals surface area (Å²) >= 11 is 0. The number of rotatable bonds is 7. The van der Waals surface area contributed by atoms with Crippen LogP contribution in [0.4, 0.5) is 4.79 Å². The molecule has 1 heterocycles. The zero-order chi connectivity index (χ0) is 25.0. The highest BCUT2D eigenvalue weighted by Gasteiger charge is 2.49. The average molecular weight is 483 g/mol. The van der Waals surface area contributed by atoms with Crippen molar-refractivity contribution in [3.8, 4) is 5.75 Å². The number of carbonyl (C=O) groups excluding carboxylic acids is 2. The smallest absolute Gasteiger partial charge is 0.408 e. The van der Waals surface area contributed by atoms with Crippen molar-refractivity contribution in [2.75, 3.05) is 20.2 Å². The van der Waals surface area contributed by atoms with Crippen molar-refractivity contribution in [1.82, 2.24) is 10.2 Å². The molecule has 2 amide bonds. The number of alkyl carbamates (subject to hydrolysis) is 1. The van der Waals surface area contributed by atoms with E-state index in [0.29, 0.717) is 24.4 Å². The van der Waals surface area contributed by atoms with Gasteiger partial charge in [0.25, 0.3) is 5.91 Å². The van der Waals surface area contributed by atoms with Gasteiger partial charge >= 0.3 is 6.09 Å². The van der Waals surface area contributed by atoms with Gasteiger partial charge in [-0.25, -0.2) is 4.79 Å². The highest BCUT2D eigenvalue weighted by molar-refractivity contribution is 5.94. The Hall–Kier alpha value is -4.06. The summed E-state index contributed by atoms with van der Waals surface area (Å²) in [4.78, 5) is 27.6. The molecule has 5 rings (SSSR count). The number of nitrogens with one attached hydrogen (secondary N) is 1. The SMILES string of the molecule is COc1ccc(C(=O)N2C[C@@H]3CC=C[C@]3(NC(=O)OCc3ccc(Cc4ccccc4)cc3)C2)cc1. The number of hydrogen-bond donors (Lipinski definition) is 1. The first kappa shape index (κ1) is 23.7. The van der Waals surface area contributed by atoms with Gasteiger partial charge in [-0.15, -0.1) is 0 Å². The number of carbonyl (C=O) groups is 2. The molecule has 0 bridgehead atoms. The minimum atomic E-state index is -0.598. The van der Waals surface area contributed by atoms with E-state index in [1.165, 1.54) is 11.1 Å². The van der Waals surface area contributed by atoms with Crippen LogP contribution in [0.15, 0.2) is 91.0 Å². The molecule has 0 spiro atoms. The molecular formula is C30H30N2O4. The van der Waals surface area contributed by atoms with Crippen molar-refractivity contribution in [3.63, 3.8) is 0 Å². The summed E-state index contributed by atoms with van der Waals surface area (Å²) < 4.78 is 10.7. The van der Waals surface area contributed by atoms with Gasteiger partial charge in [-0.05, 0) is 53.8 Å². The summed E-state index contributed by atoms with van der Waals surface area (Å²) in [5, 5.41) is 3.06. The minimum Gasteiger partial charge on any atom is -0.497 e. The summed E-state index contributed by atoms with van der Waals surface area (Å²) in [6, 6.07) is 25.5. The van der Waals surface area contributed by atoms with Gasteiger partial charge in [0.2, 0.25) is 0 Å². The maximum absolute atomic E-state index is 13.1. The predicted molar refractivity (Wildman–Crippen MR) is 138 cm³/mol. The van der Waals surface area contributed by atoms with E-state index in [0.717, 1.165) is 18.4 Å².